The Hall–Kier alpha value is -3.05. The quantitative estimate of drug-likeness (QED) is 0.617. The number of Topliss-reactive ketones (excluding diaryl/α,β-unsaturated/α-hetero) is 1. The minimum Gasteiger partial charge on any atom is -0.419 e. The predicted molar refractivity (Wildman–Crippen MR) is 141 cm³/mol. The number of hydrogen-bond donors (Lipinski definition) is 1. The van der Waals surface area contributed by atoms with Gasteiger partial charge in [-0.05, 0) is 67.9 Å². The van der Waals surface area contributed by atoms with E-state index in [4.69, 9.17) is 10.2 Å². The summed E-state index contributed by atoms with van der Waals surface area (Å²) in [4.78, 5) is 29.7. The highest BCUT2D eigenvalue weighted by molar-refractivity contribution is 6.04. The molecule has 8 heteroatoms. The molecule has 6 rings (SSSR count). The third-order valence-electron chi connectivity index (χ3n) is 11.1. The van der Waals surface area contributed by atoms with Crippen LogP contribution in [0.1, 0.15) is 84.4 Å². The maximum absolute atomic E-state index is 14.0. The third kappa shape index (κ3) is 3.11. The maximum Gasteiger partial charge on any atom is 0.262 e. The van der Waals surface area contributed by atoms with E-state index in [1.165, 1.54) is 0 Å². The van der Waals surface area contributed by atoms with Crippen LogP contribution in [-0.2, 0) is 9.59 Å². The lowest BCUT2D eigenvalue weighted by Crippen LogP contribution is -2.64. The number of allylic oxidation sites excluding steroid dienone is 2. The van der Waals surface area contributed by atoms with Crippen molar-refractivity contribution >= 4 is 17.3 Å². The smallest absolute Gasteiger partial charge is 0.262 e. The van der Waals surface area contributed by atoms with Crippen molar-refractivity contribution in [1.29, 1.82) is 5.26 Å². The minimum atomic E-state index is -0.660. The summed E-state index contributed by atoms with van der Waals surface area (Å²) in [6.07, 6.45) is 8.21. The van der Waals surface area contributed by atoms with E-state index >= 15 is 0 Å². The van der Waals surface area contributed by atoms with Crippen LogP contribution in [-0.4, -0.2) is 44.8 Å². The van der Waals surface area contributed by atoms with Crippen LogP contribution in [0.5, 0.6) is 0 Å². The van der Waals surface area contributed by atoms with Gasteiger partial charge in [0, 0.05) is 28.8 Å². The average molecular weight is 516 g/mol. The molecule has 0 spiro atoms. The van der Waals surface area contributed by atoms with Crippen LogP contribution >= 0.6 is 0 Å². The zero-order chi connectivity index (χ0) is 27.4. The summed E-state index contributed by atoms with van der Waals surface area (Å²) in [7, 11) is 0. The second-order valence-corrected chi connectivity index (χ2v) is 13.6. The van der Waals surface area contributed by atoms with Crippen molar-refractivity contribution in [2.45, 2.75) is 84.2 Å². The second-order valence-electron chi connectivity index (χ2n) is 13.6. The molecule has 3 aliphatic carbocycles. The number of carbonyl (C=O) groups is 2. The van der Waals surface area contributed by atoms with Crippen LogP contribution in [0.25, 0.3) is 5.70 Å². The molecule has 1 aromatic heterocycles. The lowest BCUT2D eigenvalue weighted by atomic mass is 9.47. The number of nitrogens with two attached hydrogens (primary N) is 1. The highest BCUT2D eigenvalue weighted by Crippen LogP contribution is 2.65. The van der Waals surface area contributed by atoms with E-state index in [2.05, 4.69) is 48.5 Å². The van der Waals surface area contributed by atoms with Gasteiger partial charge in [0.05, 0.1) is 17.3 Å². The molecule has 0 aromatic carbocycles. The van der Waals surface area contributed by atoms with Crippen LogP contribution in [0.4, 0.5) is 0 Å². The lowest BCUT2D eigenvalue weighted by Gasteiger charge is -2.61. The Labute approximate surface area is 224 Å². The molecular weight excluding hydrogens is 478 g/mol. The van der Waals surface area contributed by atoms with E-state index in [9.17, 15) is 14.9 Å². The molecule has 200 valence electrons. The molecule has 1 aromatic rings. The minimum absolute atomic E-state index is 0.00332. The molecule has 5 aliphatic rings. The Morgan fingerprint density at radius 1 is 1.18 bits per heavy atom. The molecule has 0 amide bonds. The molecule has 8 nitrogen and oxygen atoms in total. The van der Waals surface area contributed by atoms with Crippen molar-refractivity contribution in [3.05, 3.63) is 41.7 Å². The van der Waals surface area contributed by atoms with Gasteiger partial charge in [-0.25, -0.2) is 0 Å². The first kappa shape index (κ1) is 25.2. The molecule has 7 unspecified atom stereocenters. The number of nitrogens with zero attached hydrogens (tertiary/aromatic N) is 4. The summed E-state index contributed by atoms with van der Waals surface area (Å²) >= 11 is 0. The monoisotopic (exact) mass is 515 g/mol. The fraction of sp³-hybridized carbons (Fsp3) is 0.633. The zero-order valence-corrected chi connectivity index (χ0v) is 23.0. The van der Waals surface area contributed by atoms with Crippen molar-refractivity contribution in [2.75, 3.05) is 6.54 Å². The summed E-state index contributed by atoms with van der Waals surface area (Å²) < 4.78 is 5.84. The summed E-state index contributed by atoms with van der Waals surface area (Å²) in [6, 6.07) is 1.95. The summed E-state index contributed by atoms with van der Waals surface area (Å²) in [6.45, 7) is 15.2. The van der Waals surface area contributed by atoms with Gasteiger partial charge in [-0.2, -0.15) is 5.26 Å². The Kier molecular flexibility index (Phi) is 5.15. The van der Waals surface area contributed by atoms with Gasteiger partial charge >= 0.3 is 0 Å². The molecule has 38 heavy (non-hydrogen) atoms. The van der Waals surface area contributed by atoms with Crippen molar-refractivity contribution in [1.82, 2.24) is 15.1 Å². The van der Waals surface area contributed by atoms with Gasteiger partial charge in [0.25, 0.3) is 5.89 Å². The fourth-order valence-electron chi connectivity index (χ4n) is 9.10. The Morgan fingerprint density at radius 3 is 2.58 bits per heavy atom. The molecule has 3 heterocycles. The molecule has 1 saturated heterocycles. The predicted octanol–water partition coefficient (Wildman–Crippen LogP) is 4.32. The number of nitriles is 1. The molecule has 7 atom stereocenters. The van der Waals surface area contributed by atoms with Crippen LogP contribution in [0.3, 0.4) is 0 Å². The van der Waals surface area contributed by atoms with Crippen LogP contribution in [0, 0.1) is 39.4 Å². The molecule has 3 fully saturated rings. The van der Waals surface area contributed by atoms with Crippen molar-refractivity contribution in [3.8, 4) is 6.07 Å². The van der Waals surface area contributed by atoms with Crippen molar-refractivity contribution in [2.24, 2.45) is 33.8 Å². The molecule has 0 radical (unpaired) electrons. The van der Waals surface area contributed by atoms with Crippen LogP contribution in [0.2, 0.25) is 0 Å². The number of aromatic nitrogens is 2. The van der Waals surface area contributed by atoms with E-state index < -0.39 is 10.8 Å². The topological polar surface area (TPSA) is 126 Å². The number of carbonyl (C=O) groups excluding carboxylic acids is 2. The van der Waals surface area contributed by atoms with Gasteiger partial charge in [-0.3, -0.25) is 14.5 Å². The first-order valence-electron chi connectivity index (χ1n) is 13.8. The van der Waals surface area contributed by atoms with E-state index in [0.29, 0.717) is 5.89 Å². The van der Waals surface area contributed by atoms with Gasteiger partial charge in [0.1, 0.15) is 6.07 Å². The largest absolute Gasteiger partial charge is 0.419 e. The SMILES string of the molecule is C=C(N)c1nnc(C2CCC3(C)CN4C(C(=O)C=C5C6(C)C=C(C#N)C(=O)C(C)(C)C6CCC54C)C3C2)o1. The summed E-state index contributed by atoms with van der Waals surface area (Å²) in [5.74, 6) is 1.18. The number of hydrogen-bond acceptors (Lipinski definition) is 8. The van der Waals surface area contributed by atoms with E-state index in [-0.39, 0.29) is 63.5 Å². The normalized spacial score (nSPS) is 41.7. The van der Waals surface area contributed by atoms with Crippen molar-refractivity contribution in [3.63, 3.8) is 0 Å². The highest BCUT2D eigenvalue weighted by Gasteiger charge is 2.66. The first-order valence-corrected chi connectivity index (χ1v) is 13.8. The highest BCUT2D eigenvalue weighted by atomic mass is 16.4. The second kappa shape index (κ2) is 7.75. The Morgan fingerprint density at radius 2 is 1.92 bits per heavy atom. The van der Waals surface area contributed by atoms with Gasteiger partial charge in [0.2, 0.25) is 5.89 Å². The first-order chi connectivity index (χ1) is 17.8. The van der Waals surface area contributed by atoms with E-state index in [1.807, 2.05) is 26.0 Å². The van der Waals surface area contributed by atoms with E-state index in [0.717, 1.165) is 44.2 Å². The molecular formula is C30H37N5O3. The molecule has 2 aliphatic heterocycles. The average Bonchev–Trinajstić information content (AvgIpc) is 3.46. The summed E-state index contributed by atoms with van der Waals surface area (Å²) in [5, 5.41) is 18.1. The summed E-state index contributed by atoms with van der Waals surface area (Å²) in [5.41, 5.74) is 5.79. The van der Waals surface area contributed by atoms with Crippen LogP contribution < -0.4 is 5.73 Å². The van der Waals surface area contributed by atoms with E-state index in [1.54, 1.807) is 0 Å². The molecule has 0 bridgehead atoms. The maximum atomic E-state index is 14.0. The number of fused-ring (bicyclic) bond motifs is 7. The Bertz CT molecular complexity index is 1380. The number of rotatable bonds is 2. The number of ketones is 2. The fourth-order valence-corrected chi connectivity index (χ4v) is 9.10. The van der Waals surface area contributed by atoms with Gasteiger partial charge in [-0.1, -0.05) is 40.3 Å². The van der Waals surface area contributed by atoms with Gasteiger partial charge in [-0.15, -0.1) is 10.2 Å². The van der Waals surface area contributed by atoms with Gasteiger partial charge in [0.15, 0.2) is 11.6 Å². The standard InChI is InChI=1S/C30H37N5O3/c1-16(32)25-33-34-26(38-25)17-7-9-28(4)15-35-23(19(28)11-17)20(36)12-22-29(5)13-18(14-31)24(37)27(2,3)21(29)8-10-30(22,35)6/h12-13,17,19,21,23H,1,7-11,15,32H2,2-6H3. The molecule has 2 saturated carbocycles. The lowest BCUT2D eigenvalue weighted by molar-refractivity contribution is -0.132. The van der Waals surface area contributed by atoms with Crippen LogP contribution in [0.15, 0.2) is 34.3 Å². The third-order valence-corrected chi connectivity index (χ3v) is 11.1. The van der Waals surface area contributed by atoms with Gasteiger partial charge < -0.3 is 10.2 Å². The van der Waals surface area contributed by atoms with Crippen molar-refractivity contribution < 1.29 is 14.0 Å². The molecule has 2 N–H and O–H groups in total. The Balaban J connectivity index is 1.40. The zero-order valence-electron chi connectivity index (χ0n) is 23.0.